The van der Waals surface area contributed by atoms with Crippen LogP contribution in [0.3, 0.4) is 0 Å². The summed E-state index contributed by atoms with van der Waals surface area (Å²) in [6, 6.07) is 0. The van der Waals surface area contributed by atoms with Crippen LogP contribution in [0.15, 0.2) is 0 Å². The highest BCUT2D eigenvalue weighted by atomic mass is 28.4. The van der Waals surface area contributed by atoms with E-state index in [1.165, 1.54) is 0 Å². The van der Waals surface area contributed by atoms with Crippen LogP contribution in [0.4, 0.5) is 0 Å². The molecule has 1 rings (SSSR count). The van der Waals surface area contributed by atoms with Gasteiger partial charge in [0.1, 0.15) is 6.10 Å². The van der Waals surface area contributed by atoms with Gasteiger partial charge in [-0.3, -0.25) is 4.79 Å². The third kappa shape index (κ3) is 2.78. The van der Waals surface area contributed by atoms with Crippen LogP contribution < -0.4 is 0 Å². The lowest BCUT2D eigenvalue weighted by atomic mass is 9.94. The molecule has 1 heterocycles. The normalized spacial score (nSPS) is 33.7. The first-order valence-electron chi connectivity index (χ1n) is 6.45. The first kappa shape index (κ1) is 15.7. The zero-order valence-electron chi connectivity index (χ0n) is 12.5. The summed E-state index contributed by atoms with van der Waals surface area (Å²) in [5.41, 5.74) is -0.911. The lowest BCUT2D eigenvalue weighted by Gasteiger charge is -2.39. The first-order valence-corrected chi connectivity index (χ1v) is 9.36. The molecule has 4 nitrogen and oxygen atoms in total. The molecule has 0 radical (unpaired) electrons. The van der Waals surface area contributed by atoms with E-state index in [0.29, 0.717) is 0 Å². The van der Waals surface area contributed by atoms with Crippen LogP contribution in [0.1, 0.15) is 34.6 Å². The molecular formula is C13H26O4Si. The largest absolute Gasteiger partial charge is 0.454 e. The fourth-order valence-corrected chi connectivity index (χ4v) is 2.78. The number of hydrogen-bond acceptors (Lipinski definition) is 4. The summed E-state index contributed by atoms with van der Waals surface area (Å²) in [6.45, 7) is 14.4. The molecule has 0 aliphatic carbocycles. The van der Waals surface area contributed by atoms with Gasteiger partial charge in [0.15, 0.2) is 13.9 Å². The molecule has 1 aliphatic heterocycles. The van der Waals surface area contributed by atoms with Crippen LogP contribution in [0, 0.1) is 5.92 Å². The molecule has 1 fully saturated rings. The molecule has 0 aromatic heterocycles. The zero-order chi connectivity index (χ0) is 14.4. The first-order chi connectivity index (χ1) is 7.91. The smallest absolute Gasteiger partial charge is 0.312 e. The average Bonchev–Trinajstić information content (AvgIpc) is 2.40. The number of carbonyl (C=O) groups excluding carboxylic acids is 1. The van der Waals surface area contributed by atoms with E-state index in [-0.39, 0.29) is 17.6 Å². The highest BCUT2D eigenvalue weighted by molar-refractivity contribution is 6.74. The molecule has 0 unspecified atom stereocenters. The Morgan fingerprint density at radius 2 is 1.94 bits per heavy atom. The second-order valence-corrected chi connectivity index (χ2v) is 11.8. The van der Waals surface area contributed by atoms with Crippen molar-refractivity contribution in [2.75, 3.05) is 6.61 Å². The number of aliphatic hydroxyl groups excluding tert-OH is 1. The van der Waals surface area contributed by atoms with Gasteiger partial charge in [-0.15, -0.1) is 0 Å². The molecule has 5 heteroatoms. The van der Waals surface area contributed by atoms with Gasteiger partial charge in [0, 0.05) is 0 Å². The SMILES string of the molecule is C[C@H]1C(=O)O[C@](C)(CO[Si](C)(C)C(C)(C)C)[C@@H]1O. The third-order valence-electron chi connectivity index (χ3n) is 4.33. The quantitative estimate of drug-likeness (QED) is 0.634. The van der Waals surface area contributed by atoms with Crippen molar-refractivity contribution in [3.63, 3.8) is 0 Å². The summed E-state index contributed by atoms with van der Waals surface area (Å²) in [7, 11) is -1.90. The van der Waals surface area contributed by atoms with Gasteiger partial charge in [0.2, 0.25) is 0 Å². The van der Waals surface area contributed by atoms with Crippen molar-refractivity contribution < 1.29 is 19.1 Å². The zero-order valence-corrected chi connectivity index (χ0v) is 13.5. The molecule has 106 valence electrons. The maximum absolute atomic E-state index is 11.5. The van der Waals surface area contributed by atoms with Gasteiger partial charge in [-0.05, 0) is 32.0 Å². The molecule has 1 aliphatic rings. The van der Waals surface area contributed by atoms with Gasteiger partial charge >= 0.3 is 5.97 Å². The predicted molar refractivity (Wildman–Crippen MR) is 72.8 cm³/mol. The van der Waals surface area contributed by atoms with E-state index in [2.05, 4.69) is 33.9 Å². The van der Waals surface area contributed by atoms with Gasteiger partial charge < -0.3 is 14.3 Å². The number of ether oxygens (including phenoxy) is 1. The Hall–Kier alpha value is -0.393. The average molecular weight is 274 g/mol. The predicted octanol–water partition coefficient (Wildman–Crippen LogP) is 2.32. The van der Waals surface area contributed by atoms with Crippen molar-refractivity contribution in [3.05, 3.63) is 0 Å². The maximum atomic E-state index is 11.5. The van der Waals surface area contributed by atoms with Crippen molar-refractivity contribution in [2.24, 2.45) is 5.92 Å². The number of cyclic esters (lactones) is 1. The van der Waals surface area contributed by atoms with Crippen LogP contribution in [-0.4, -0.2) is 37.7 Å². The summed E-state index contributed by atoms with van der Waals surface area (Å²) in [5, 5.41) is 10.2. The second kappa shape index (κ2) is 4.61. The van der Waals surface area contributed by atoms with Crippen LogP contribution in [0.25, 0.3) is 0 Å². The standard InChI is InChI=1S/C13H26O4Si/c1-9-10(14)13(5,17-11(9)15)8-16-18(6,7)12(2,3)4/h9-10,14H,8H2,1-7H3/t9-,10-,13-/m1/s1. The monoisotopic (exact) mass is 274 g/mol. The highest BCUT2D eigenvalue weighted by Gasteiger charge is 2.51. The summed E-state index contributed by atoms with van der Waals surface area (Å²) in [6.07, 6.45) is -0.797. The van der Waals surface area contributed by atoms with E-state index in [4.69, 9.17) is 9.16 Å². The second-order valence-electron chi connectivity index (χ2n) is 7.02. The van der Waals surface area contributed by atoms with Gasteiger partial charge in [0.25, 0.3) is 0 Å². The molecule has 3 atom stereocenters. The third-order valence-corrected chi connectivity index (χ3v) is 8.81. The molecule has 1 N–H and O–H groups in total. The Kier molecular flexibility index (Phi) is 4.02. The summed E-state index contributed by atoms with van der Waals surface area (Å²) in [5.74, 6) is -0.818. The molecular weight excluding hydrogens is 248 g/mol. The minimum atomic E-state index is -1.90. The molecule has 18 heavy (non-hydrogen) atoms. The van der Waals surface area contributed by atoms with Crippen LogP contribution in [0.2, 0.25) is 18.1 Å². The molecule has 0 spiro atoms. The Labute approximate surface area is 111 Å². The van der Waals surface area contributed by atoms with Crippen molar-refractivity contribution in [1.29, 1.82) is 0 Å². The van der Waals surface area contributed by atoms with Crippen molar-refractivity contribution in [2.45, 2.75) is 64.5 Å². The number of aliphatic hydroxyl groups is 1. The van der Waals surface area contributed by atoms with Gasteiger partial charge in [0.05, 0.1) is 12.5 Å². The fourth-order valence-electron chi connectivity index (χ4n) is 1.70. The van der Waals surface area contributed by atoms with E-state index in [1.54, 1.807) is 13.8 Å². The van der Waals surface area contributed by atoms with E-state index >= 15 is 0 Å². The molecule has 0 amide bonds. The van der Waals surface area contributed by atoms with Crippen LogP contribution in [0.5, 0.6) is 0 Å². The van der Waals surface area contributed by atoms with Gasteiger partial charge in [-0.2, -0.15) is 0 Å². The Balaban J connectivity index is 2.72. The van der Waals surface area contributed by atoms with E-state index < -0.39 is 25.9 Å². The number of hydrogen-bond donors (Lipinski definition) is 1. The van der Waals surface area contributed by atoms with Crippen molar-refractivity contribution in [3.8, 4) is 0 Å². The topological polar surface area (TPSA) is 55.8 Å². The number of rotatable bonds is 3. The van der Waals surface area contributed by atoms with Crippen molar-refractivity contribution >= 4 is 14.3 Å². The van der Waals surface area contributed by atoms with Gasteiger partial charge in [-0.25, -0.2) is 0 Å². The van der Waals surface area contributed by atoms with Gasteiger partial charge in [-0.1, -0.05) is 20.8 Å². The Morgan fingerprint density at radius 1 is 1.44 bits per heavy atom. The Bertz CT molecular complexity index is 334. The fraction of sp³-hybridized carbons (Fsp3) is 0.923. The molecule has 0 aromatic rings. The highest BCUT2D eigenvalue weighted by Crippen LogP contribution is 2.39. The number of carbonyl (C=O) groups is 1. The van der Waals surface area contributed by atoms with E-state index in [1.807, 2.05) is 0 Å². The lowest BCUT2D eigenvalue weighted by molar-refractivity contribution is -0.153. The molecule has 0 saturated carbocycles. The van der Waals surface area contributed by atoms with Crippen LogP contribution >= 0.6 is 0 Å². The Morgan fingerprint density at radius 3 is 2.28 bits per heavy atom. The minimum Gasteiger partial charge on any atom is -0.454 e. The number of esters is 1. The summed E-state index contributed by atoms with van der Waals surface area (Å²) >= 11 is 0. The van der Waals surface area contributed by atoms with Crippen molar-refractivity contribution in [1.82, 2.24) is 0 Å². The summed E-state index contributed by atoms with van der Waals surface area (Å²) in [4.78, 5) is 11.5. The van der Waals surface area contributed by atoms with E-state index in [0.717, 1.165) is 0 Å². The lowest BCUT2D eigenvalue weighted by Crippen LogP contribution is -2.49. The molecule has 0 aromatic carbocycles. The minimum absolute atomic E-state index is 0.0997. The molecule has 0 bridgehead atoms. The maximum Gasteiger partial charge on any atom is 0.312 e. The van der Waals surface area contributed by atoms with E-state index in [9.17, 15) is 9.90 Å². The van der Waals surface area contributed by atoms with Crippen LogP contribution in [-0.2, 0) is 14.0 Å². The molecule has 1 saturated heterocycles. The summed E-state index contributed by atoms with van der Waals surface area (Å²) < 4.78 is 11.3.